The van der Waals surface area contributed by atoms with E-state index in [9.17, 15) is 15.2 Å². The summed E-state index contributed by atoms with van der Waals surface area (Å²) in [6, 6.07) is 8.53. The molecule has 0 radical (unpaired) electrons. The van der Waals surface area contributed by atoms with Gasteiger partial charge in [-0.25, -0.2) is 8.78 Å². The van der Waals surface area contributed by atoms with Crippen molar-refractivity contribution in [2.24, 2.45) is 11.8 Å². The Hall–Kier alpha value is -2.20. The second-order valence-electron chi connectivity index (χ2n) is 9.44. The summed E-state index contributed by atoms with van der Waals surface area (Å²) >= 11 is 12.1. The number of aliphatic carboxylic acids is 1. The zero-order valence-electron chi connectivity index (χ0n) is 18.7. The van der Waals surface area contributed by atoms with E-state index in [1.54, 1.807) is 0 Å². The van der Waals surface area contributed by atoms with Gasteiger partial charge in [0.2, 0.25) is 0 Å². The van der Waals surface area contributed by atoms with E-state index >= 15 is 8.78 Å². The lowest BCUT2D eigenvalue weighted by Crippen LogP contribution is -2.49. The molecule has 8 heteroatoms. The number of nitrogens with zero attached hydrogens (tertiary/aromatic N) is 1. The van der Waals surface area contributed by atoms with Crippen LogP contribution in [0.15, 0.2) is 36.4 Å². The van der Waals surface area contributed by atoms with Gasteiger partial charge in [0.1, 0.15) is 23.1 Å². The minimum atomic E-state index is -1.71. The highest BCUT2D eigenvalue weighted by molar-refractivity contribution is 6.31. The Morgan fingerprint density at radius 2 is 1.91 bits per heavy atom. The first-order valence-electron chi connectivity index (χ1n) is 11.5. The summed E-state index contributed by atoms with van der Waals surface area (Å²) in [5.74, 6) is -3.93. The van der Waals surface area contributed by atoms with Crippen LogP contribution in [-0.4, -0.2) is 23.2 Å². The molecule has 2 aliphatic rings. The third kappa shape index (κ3) is 4.08. The second kappa shape index (κ2) is 9.81. The summed E-state index contributed by atoms with van der Waals surface area (Å²) in [7, 11) is 0. The maximum atomic E-state index is 15.5. The number of carbonyl (C=O) groups is 1. The van der Waals surface area contributed by atoms with Crippen LogP contribution >= 0.6 is 23.2 Å². The van der Waals surface area contributed by atoms with Gasteiger partial charge in [-0.15, -0.1) is 0 Å². The van der Waals surface area contributed by atoms with E-state index in [2.05, 4.69) is 11.4 Å². The van der Waals surface area contributed by atoms with Crippen molar-refractivity contribution in [2.45, 2.75) is 62.4 Å². The summed E-state index contributed by atoms with van der Waals surface area (Å²) in [5, 5.41) is 24.0. The molecule has 1 saturated carbocycles. The van der Waals surface area contributed by atoms with Gasteiger partial charge in [-0.2, -0.15) is 5.26 Å². The highest BCUT2D eigenvalue weighted by Crippen LogP contribution is 2.53. The van der Waals surface area contributed by atoms with E-state index in [0.29, 0.717) is 0 Å². The number of rotatable bonds is 5. The van der Waals surface area contributed by atoms with Crippen LogP contribution in [0.2, 0.25) is 10.0 Å². The molecule has 1 aliphatic heterocycles. The van der Waals surface area contributed by atoms with Gasteiger partial charge in [-0.3, -0.25) is 10.1 Å². The third-order valence-corrected chi connectivity index (χ3v) is 8.26. The molecule has 0 spiro atoms. The van der Waals surface area contributed by atoms with Crippen LogP contribution in [0.1, 0.15) is 56.1 Å². The number of carboxylic acids is 1. The largest absolute Gasteiger partial charge is 0.480 e. The predicted octanol–water partition coefficient (Wildman–Crippen LogP) is 6.46. The van der Waals surface area contributed by atoms with Crippen LogP contribution in [0.25, 0.3) is 0 Å². The zero-order chi connectivity index (χ0) is 24.6. The molecule has 0 aromatic heterocycles. The zero-order valence-corrected chi connectivity index (χ0v) is 20.2. The molecule has 5 atom stereocenters. The summed E-state index contributed by atoms with van der Waals surface area (Å²) in [6.07, 6.45) is 5.11. The molecule has 180 valence electrons. The van der Waals surface area contributed by atoms with Gasteiger partial charge in [-0.1, -0.05) is 80.4 Å². The van der Waals surface area contributed by atoms with E-state index in [-0.39, 0.29) is 33.0 Å². The molecule has 2 fully saturated rings. The molecule has 2 aromatic carbocycles. The van der Waals surface area contributed by atoms with Crippen LogP contribution in [0, 0.1) is 34.8 Å². The minimum absolute atomic E-state index is 0.00712. The Morgan fingerprint density at radius 1 is 1.21 bits per heavy atom. The summed E-state index contributed by atoms with van der Waals surface area (Å²) in [5.41, 5.74) is -1.73. The van der Waals surface area contributed by atoms with Crippen molar-refractivity contribution in [2.75, 3.05) is 0 Å². The van der Waals surface area contributed by atoms with E-state index in [0.717, 1.165) is 38.2 Å². The molecular formula is C26H26Cl2F2N2O2. The topological polar surface area (TPSA) is 73.1 Å². The number of hydrogen-bond acceptors (Lipinski definition) is 3. The molecule has 1 heterocycles. The minimum Gasteiger partial charge on any atom is -0.480 e. The normalized spacial score (nSPS) is 28.4. The van der Waals surface area contributed by atoms with E-state index in [4.69, 9.17) is 23.2 Å². The van der Waals surface area contributed by atoms with Crippen LogP contribution in [0.3, 0.4) is 0 Å². The first kappa shape index (κ1) is 24.9. The standard InChI is InChI=1S/C26H26Cl2F2N2O2/c1-14(15-6-3-2-4-7-15)24-26(13-31,18-11-10-16(27)12-20(18)29)21(23(32-24)25(33)34)17-8-5-9-19(28)22(17)30/h5,8-12,14-15,21,23-24,32H,2-4,6-7H2,1H3,(H,33,34)/t14?,21-,23+,24-,26+/m1/s1. The van der Waals surface area contributed by atoms with Gasteiger partial charge in [-0.05, 0) is 35.6 Å². The quantitative estimate of drug-likeness (QED) is 0.488. The SMILES string of the molecule is CC(C1CCCCC1)[C@H]1N[C@H](C(=O)O)[C@@H](c2cccc(Cl)c2F)[C@]1(C#N)c1ccc(Cl)cc1F. The lowest BCUT2D eigenvalue weighted by molar-refractivity contribution is -0.139. The van der Waals surface area contributed by atoms with Crippen molar-refractivity contribution in [1.29, 1.82) is 5.26 Å². The monoisotopic (exact) mass is 506 g/mol. The Labute approximate surface area is 207 Å². The number of benzene rings is 2. The van der Waals surface area contributed by atoms with Crippen molar-refractivity contribution >= 4 is 29.2 Å². The van der Waals surface area contributed by atoms with Crippen LogP contribution in [0.5, 0.6) is 0 Å². The molecule has 1 aliphatic carbocycles. The van der Waals surface area contributed by atoms with E-state index in [1.165, 1.54) is 30.3 Å². The van der Waals surface area contributed by atoms with Gasteiger partial charge in [0, 0.05) is 22.5 Å². The van der Waals surface area contributed by atoms with Gasteiger partial charge in [0.25, 0.3) is 0 Å². The molecule has 1 saturated heterocycles. The summed E-state index contributed by atoms with van der Waals surface area (Å²) in [6.45, 7) is 1.98. The first-order chi connectivity index (χ1) is 16.2. The predicted molar refractivity (Wildman–Crippen MR) is 127 cm³/mol. The fourth-order valence-electron chi connectivity index (χ4n) is 6.13. The Bertz CT molecular complexity index is 1130. The first-order valence-corrected chi connectivity index (χ1v) is 12.3. The molecule has 0 bridgehead atoms. The maximum absolute atomic E-state index is 15.5. The lowest BCUT2D eigenvalue weighted by Gasteiger charge is -2.40. The number of nitrogens with one attached hydrogen (secondary N) is 1. The average molecular weight is 507 g/mol. The van der Waals surface area contributed by atoms with Gasteiger partial charge in [0.15, 0.2) is 0 Å². The molecule has 2 N–H and O–H groups in total. The van der Waals surface area contributed by atoms with Crippen molar-refractivity contribution in [3.63, 3.8) is 0 Å². The van der Waals surface area contributed by atoms with E-state index < -0.39 is 41.0 Å². The summed E-state index contributed by atoms with van der Waals surface area (Å²) < 4.78 is 30.8. The Morgan fingerprint density at radius 3 is 2.53 bits per heavy atom. The van der Waals surface area contributed by atoms with Crippen molar-refractivity contribution in [3.05, 3.63) is 69.2 Å². The maximum Gasteiger partial charge on any atom is 0.321 e. The van der Waals surface area contributed by atoms with Crippen molar-refractivity contribution in [1.82, 2.24) is 5.32 Å². The molecule has 34 heavy (non-hydrogen) atoms. The fraction of sp³-hybridized carbons (Fsp3) is 0.462. The second-order valence-corrected chi connectivity index (χ2v) is 10.3. The van der Waals surface area contributed by atoms with Crippen molar-refractivity contribution in [3.8, 4) is 6.07 Å². The molecule has 4 rings (SSSR count). The molecule has 4 nitrogen and oxygen atoms in total. The average Bonchev–Trinajstić information content (AvgIpc) is 3.17. The smallest absolute Gasteiger partial charge is 0.321 e. The molecule has 0 amide bonds. The van der Waals surface area contributed by atoms with Gasteiger partial charge < -0.3 is 5.11 Å². The highest BCUT2D eigenvalue weighted by atomic mass is 35.5. The van der Waals surface area contributed by atoms with Crippen LogP contribution < -0.4 is 5.32 Å². The number of nitriles is 1. The molecule has 1 unspecified atom stereocenters. The third-order valence-electron chi connectivity index (χ3n) is 7.74. The summed E-state index contributed by atoms with van der Waals surface area (Å²) in [4.78, 5) is 12.5. The molecule has 2 aromatic rings. The van der Waals surface area contributed by atoms with E-state index in [1.807, 2.05) is 6.92 Å². The van der Waals surface area contributed by atoms with Crippen LogP contribution in [0.4, 0.5) is 8.78 Å². The number of hydrogen-bond donors (Lipinski definition) is 2. The van der Waals surface area contributed by atoms with Gasteiger partial charge in [0.05, 0.1) is 11.1 Å². The van der Waals surface area contributed by atoms with Crippen molar-refractivity contribution < 1.29 is 18.7 Å². The Kier molecular flexibility index (Phi) is 7.19. The fourth-order valence-corrected chi connectivity index (χ4v) is 6.48. The van der Waals surface area contributed by atoms with Crippen LogP contribution in [-0.2, 0) is 10.2 Å². The number of carboxylic acid groups (broad SMARTS) is 1. The number of halogens is 4. The Balaban J connectivity index is 1.99. The van der Waals surface area contributed by atoms with Gasteiger partial charge >= 0.3 is 5.97 Å². The molecular weight excluding hydrogens is 481 g/mol. The highest BCUT2D eigenvalue weighted by Gasteiger charge is 2.62. The lowest BCUT2D eigenvalue weighted by atomic mass is 9.60.